The highest BCUT2D eigenvalue weighted by Gasteiger charge is 2.52. The van der Waals surface area contributed by atoms with E-state index in [2.05, 4.69) is 5.43 Å². The van der Waals surface area contributed by atoms with Gasteiger partial charge in [0.25, 0.3) is 0 Å². The molecule has 3 aromatic rings. The minimum atomic E-state index is -1.61. The minimum Gasteiger partial charge on any atom is -0.480 e. The Hall–Kier alpha value is -3.63. The smallest absolute Gasteiger partial charge is 0.363 e. The van der Waals surface area contributed by atoms with E-state index in [4.69, 9.17) is 21.1 Å². The van der Waals surface area contributed by atoms with Crippen LogP contribution < -0.4 is 10.0 Å². The van der Waals surface area contributed by atoms with E-state index in [1.54, 1.807) is 18.2 Å². The number of carbonyl (C=O) groups excluding carboxylic acids is 3. The molecule has 0 radical (unpaired) electrons. The van der Waals surface area contributed by atoms with Gasteiger partial charge in [0.15, 0.2) is 18.3 Å². The van der Waals surface area contributed by atoms with Crippen LogP contribution in [0.2, 0.25) is 5.02 Å². The largest absolute Gasteiger partial charge is 0.480 e. The molecule has 2 N–H and O–H groups in total. The second-order valence-corrected chi connectivity index (χ2v) is 12.3. The number of nitrogens with zero attached hydrogens (tertiary/aromatic N) is 1. The van der Waals surface area contributed by atoms with E-state index >= 15 is 0 Å². The summed E-state index contributed by atoms with van der Waals surface area (Å²) < 4.78 is 10.4. The Morgan fingerprint density at radius 1 is 1.10 bits per heavy atom. The van der Waals surface area contributed by atoms with Crippen LogP contribution in [-0.4, -0.2) is 55.0 Å². The van der Waals surface area contributed by atoms with Crippen LogP contribution in [0.4, 0.5) is 5.69 Å². The third-order valence-corrected chi connectivity index (χ3v) is 7.70. The van der Waals surface area contributed by atoms with Crippen molar-refractivity contribution in [3.63, 3.8) is 0 Å². The van der Waals surface area contributed by atoms with Crippen LogP contribution in [0.15, 0.2) is 60.7 Å². The lowest BCUT2D eigenvalue weighted by molar-refractivity contribution is -0.152. The first kappa shape index (κ1) is 31.3. The van der Waals surface area contributed by atoms with Crippen molar-refractivity contribution in [1.29, 1.82) is 0 Å². The molecule has 0 spiro atoms. The Morgan fingerprint density at radius 3 is 2.43 bits per heavy atom. The number of halogens is 1. The van der Waals surface area contributed by atoms with E-state index in [0.29, 0.717) is 16.3 Å². The van der Waals surface area contributed by atoms with Crippen molar-refractivity contribution in [3.8, 4) is 0 Å². The number of benzene rings is 3. The minimum absolute atomic E-state index is 0.110. The molecule has 222 valence electrons. The second-order valence-electron chi connectivity index (χ2n) is 11.8. The van der Waals surface area contributed by atoms with Crippen LogP contribution in [0.1, 0.15) is 51.3 Å². The summed E-state index contributed by atoms with van der Waals surface area (Å²) in [6, 6.07) is 17.1. The third-order valence-electron chi connectivity index (χ3n) is 7.46. The molecule has 42 heavy (non-hydrogen) atoms. The normalized spacial score (nSPS) is 20.3. The van der Waals surface area contributed by atoms with Gasteiger partial charge in [-0.25, -0.2) is 4.79 Å². The number of carbonyl (C=O) groups is 4. The molecule has 0 saturated heterocycles. The maximum atomic E-state index is 14.3. The van der Waals surface area contributed by atoms with Gasteiger partial charge in [-0.3, -0.25) is 14.4 Å². The molecule has 1 aliphatic rings. The summed E-state index contributed by atoms with van der Waals surface area (Å²) in [5, 5.41) is 12.7. The number of quaternary nitrogens is 1. The second kappa shape index (κ2) is 12.3. The fourth-order valence-corrected chi connectivity index (χ4v) is 5.87. The molecular formula is C32H36ClN2O7+. The molecule has 0 fully saturated rings. The van der Waals surface area contributed by atoms with Crippen LogP contribution in [0.5, 0.6) is 0 Å². The molecule has 3 aromatic carbocycles. The number of carboxylic acid groups (broad SMARTS) is 1. The van der Waals surface area contributed by atoms with Crippen molar-refractivity contribution in [3.05, 3.63) is 76.8 Å². The molecule has 4 atom stereocenters. The Labute approximate surface area is 249 Å². The van der Waals surface area contributed by atoms with Gasteiger partial charge in [0.2, 0.25) is 0 Å². The average molecular weight is 596 g/mol. The number of ketones is 1. The monoisotopic (exact) mass is 595 g/mol. The van der Waals surface area contributed by atoms with Crippen molar-refractivity contribution in [1.82, 2.24) is 10.0 Å². The summed E-state index contributed by atoms with van der Waals surface area (Å²) in [6.07, 6.45) is -1.18. The number of hydrogen-bond acceptors (Lipinski definition) is 7. The van der Waals surface area contributed by atoms with Gasteiger partial charge in [-0.05, 0) is 35.4 Å². The first-order chi connectivity index (χ1) is 19.8. The molecule has 0 saturated carbocycles. The Morgan fingerprint density at radius 2 is 1.79 bits per heavy atom. The van der Waals surface area contributed by atoms with Crippen LogP contribution in [-0.2, 0) is 28.7 Å². The maximum Gasteiger partial charge on any atom is 0.363 e. The van der Waals surface area contributed by atoms with Gasteiger partial charge >= 0.3 is 17.8 Å². The molecule has 10 heteroatoms. The van der Waals surface area contributed by atoms with Crippen molar-refractivity contribution in [2.45, 2.75) is 46.3 Å². The summed E-state index contributed by atoms with van der Waals surface area (Å²) in [7, 11) is 1.17. The summed E-state index contributed by atoms with van der Waals surface area (Å²) >= 11 is 6.53. The third kappa shape index (κ3) is 6.39. The predicted octanol–water partition coefficient (Wildman–Crippen LogP) is 5.22. The van der Waals surface area contributed by atoms with Crippen LogP contribution in [0.25, 0.3) is 10.8 Å². The average Bonchev–Trinajstić information content (AvgIpc) is 3.03. The number of amides is 1. The van der Waals surface area contributed by atoms with Crippen LogP contribution in [0, 0.1) is 11.3 Å². The predicted molar refractivity (Wildman–Crippen MR) is 160 cm³/mol. The SMILES string of the molecule is COC(=O)CC(C(C)=O)[C@H](N[N@+]1(CC(C)(C)C)C(=O)CO[C@H](c2cccc3ccccc23)c2cc(Cl)ccc21)C(=O)O. The number of rotatable bonds is 9. The first-order valence-electron chi connectivity index (χ1n) is 13.7. The number of esters is 1. The Balaban J connectivity index is 1.98. The van der Waals surface area contributed by atoms with Crippen molar-refractivity contribution in [2.24, 2.45) is 11.3 Å². The van der Waals surface area contributed by atoms with E-state index < -0.39 is 58.1 Å². The number of aliphatic carboxylic acids is 1. The van der Waals surface area contributed by atoms with Crippen LogP contribution >= 0.6 is 11.6 Å². The van der Waals surface area contributed by atoms with Gasteiger partial charge in [0.05, 0.1) is 25.0 Å². The highest BCUT2D eigenvalue weighted by atomic mass is 35.5. The summed E-state index contributed by atoms with van der Waals surface area (Å²) in [4.78, 5) is 52.0. The van der Waals surface area contributed by atoms with Gasteiger partial charge in [-0.15, -0.1) is 10.0 Å². The molecule has 1 heterocycles. The van der Waals surface area contributed by atoms with E-state index in [0.717, 1.165) is 16.3 Å². The van der Waals surface area contributed by atoms with Gasteiger partial charge in [0.1, 0.15) is 18.4 Å². The number of carboxylic acids is 1. The number of Topliss-reactive ketones (excluding diaryl/α,β-unsaturated/α-hetero) is 1. The fourth-order valence-electron chi connectivity index (χ4n) is 5.69. The Bertz CT molecular complexity index is 1530. The zero-order valence-corrected chi connectivity index (χ0v) is 25.1. The summed E-state index contributed by atoms with van der Waals surface area (Å²) in [5.41, 5.74) is 4.38. The molecule has 1 aliphatic heterocycles. The lowest BCUT2D eigenvalue weighted by Gasteiger charge is -2.41. The van der Waals surface area contributed by atoms with Gasteiger partial charge < -0.3 is 14.6 Å². The van der Waals surface area contributed by atoms with Gasteiger partial charge in [0, 0.05) is 16.5 Å². The summed E-state index contributed by atoms with van der Waals surface area (Å²) in [6.45, 7) is 6.75. The highest BCUT2D eigenvalue weighted by molar-refractivity contribution is 6.30. The van der Waals surface area contributed by atoms with Crippen molar-refractivity contribution in [2.75, 3.05) is 20.3 Å². The molecule has 9 nitrogen and oxygen atoms in total. The molecule has 1 amide bonds. The fraction of sp³-hybridized carbons (Fsp3) is 0.375. The lowest BCUT2D eigenvalue weighted by Crippen LogP contribution is -2.72. The quantitative estimate of drug-likeness (QED) is 0.255. The number of ether oxygens (including phenoxy) is 2. The molecule has 0 bridgehead atoms. The molecule has 4 rings (SSSR count). The molecule has 1 unspecified atom stereocenters. The zero-order chi connectivity index (χ0) is 30.8. The number of fused-ring (bicyclic) bond motifs is 2. The van der Waals surface area contributed by atoms with E-state index in [-0.39, 0.29) is 13.2 Å². The van der Waals surface area contributed by atoms with Crippen LogP contribution in [0.3, 0.4) is 0 Å². The molecule has 0 aliphatic carbocycles. The van der Waals surface area contributed by atoms with Crippen molar-refractivity contribution < 1.29 is 33.8 Å². The highest BCUT2D eigenvalue weighted by Crippen LogP contribution is 2.43. The number of hydrogen-bond donors (Lipinski definition) is 2. The standard InChI is InChI=1S/C32H35ClN2O7/c1-19(36)24(16-28(38)41-5)29(31(39)40)34-35(18-32(2,3)4)26-14-13-21(33)15-25(26)30(42-17-27(35)37)23-12-8-10-20-9-6-7-11-22(20)23/h6-15,24,29-30,34H,16-18H2,1-5H3/p+1/t24?,29-,30+,35-/m0/s1. The Kier molecular flexibility index (Phi) is 9.18. The van der Waals surface area contributed by atoms with E-state index in [1.165, 1.54) is 14.0 Å². The van der Waals surface area contributed by atoms with Gasteiger partial charge in [-0.2, -0.15) is 0 Å². The molecular weight excluding hydrogens is 560 g/mol. The van der Waals surface area contributed by atoms with E-state index in [9.17, 15) is 24.3 Å². The van der Waals surface area contributed by atoms with E-state index in [1.807, 2.05) is 63.2 Å². The van der Waals surface area contributed by atoms with Crippen molar-refractivity contribution >= 4 is 51.7 Å². The maximum absolute atomic E-state index is 14.3. The number of nitrogens with one attached hydrogen (secondary N) is 1. The molecule has 0 aromatic heterocycles. The lowest BCUT2D eigenvalue weighted by atomic mass is 9.90. The number of methoxy groups -OCH3 is 1. The summed E-state index contributed by atoms with van der Waals surface area (Å²) in [5.74, 6) is -4.41. The van der Waals surface area contributed by atoms with Gasteiger partial charge in [-0.1, -0.05) is 74.8 Å². The topological polar surface area (TPSA) is 119 Å². The first-order valence-corrected chi connectivity index (χ1v) is 14.0. The zero-order valence-electron chi connectivity index (χ0n) is 24.3.